The van der Waals surface area contributed by atoms with Gasteiger partial charge >= 0.3 is 11.9 Å². The van der Waals surface area contributed by atoms with Crippen molar-refractivity contribution < 1.29 is 29.0 Å². The highest BCUT2D eigenvalue weighted by atomic mass is 32.2. The predicted molar refractivity (Wildman–Crippen MR) is 172 cm³/mol. The molecule has 0 bridgehead atoms. The van der Waals surface area contributed by atoms with E-state index in [1.165, 1.54) is 11.8 Å². The third kappa shape index (κ3) is 5.50. The molecule has 3 aliphatic heterocycles. The van der Waals surface area contributed by atoms with Crippen molar-refractivity contribution in [3.8, 4) is 0 Å². The zero-order valence-corrected chi connectivity index (χ0v) is 26.4. The highest BCUT2D eigenvalue weighted by Crippen LogP contribution is 2.58. The van der Waals surface area contributed by atoms with Crippen LogP contribution in [0.5, 0.6) is 0 Å². The Morgan fingerprint density at radius 2 is 1.44 bits per heavy atom. The van der Waals surface area contributed by atoms with Crippen molar-refractivity contribution >= 4 is 41.2 Å². The molecular formula is C35H37N3O6S. The molecule has 2 saturated heterocycles. The van der Waals surface area contributed by atoms with Gasteiger partial charge in [0.2, 0.25) is 6.23 Å². The highest BCUT2D eigenvalue weighted by molar-refractivity contribution is 8.02. The van der Waals surface area contributed by atoms with Crippen LogP contribution in [0.1, 0.15) is 72.5 Å². The molecule has 3 aromatic rings. The molecule has 0 saturated carbocycles. The number of carbonyl (C=O) groups is 4. The monoisotopic (exact) mass is 627 g/mol. The molecule has 6 rings (SSSR count). The Labute approximate surface area is 266 Å². The number of aliphatic carboxylic acids is 1. The minimum Gasteiger partial charge on any atom is -0.481 e. The summed E-state index contributed by atoms with van der Waals surface area (Å²) in [5.41, 5.74) is 1.53. The zero-order valence-electron chi connectivity index (χ0n) is 25.6. The van der Waals surface area contributed by atoms with Crippen LogP contribution in [0, 0.1) is 5.41 Å². The van der Waals surface area contributed by atoms with E-state index in [1.54, 1.807) is 54.6 Å². The number of nitrogens with zero attached hydrogens (tertiary/aromatic N) is 2. The van der Waals surface area contributed by atoms with E-state index in [1.807, 2.05) is 39.0 Å². The molecule has 3 aliphatic rings. The highest BCUT2D eigenvalue weighted by Gasteiger charge is 2.63. The molecule has 0 aromatic heterocycles. The van der Waals surface area contributed by atoms with Gasteiger partial charge in [0.05, 0.1) is 22.4 Å². The van der Waals surface area contributed by atoms with E-state index in [9.17, 15) is 24.3 Å². The van der Waals surface area contributed by atoms with Gasteiger partial charge in [-0.15, -0.1) is 11.8 Å². The Balaban J connectivity index is 1.36. The maximum atomic E-state index is 14.5. The van der Waals surface area contributed by atoms with E-state index >= 15 is 0 Å². The van der Waals surface area contributed by atoms with Crippen LogP contribution in [0.2, 0.25) is 0 Å². The first kappa shape index (κ1) is 30.9. The maximum Gasteiger partial charge on any atom is 0.326 e. The van der Waals surface area contributed by atoms with E-state index in [2.05, 4.69) is 22.3 Å². The van der Waals surface area contributed by atoms with Gasteiger partial charge in [-0.25, -0.2) is 4.90 Å². The Morgan fingerprint density at radius 3 is 1.98 bits per heavy atom. The van der Waals surface area contributed by atoms with Crippen molar-refractivity contribution in [1.29, 1.82) is 0 Å². The first-order chi connectivity index (χ1) is 21.4. The average Bonchev–Trinajstić information content (AvgIpc) is 3.48. The first-order valence-corrected chi connectivity index (χ1v) is 16.0. The summed E-state index contributed by atoms with van der Waals surface area (Å²) in [5.74, 6) is -2.67. The number of hydrogen-bond acceptors (Lipinski definition) is 8. The zero-order chi connectivity index (χ0) is 32.0. The molecule has 0 radical (unpaired) electrons. The van der Waals surface area contributed by atoms with E-state index in [4.69, 9.17) is 4.74 Å². The number of thioether (sulfide) groups is 1. The van der Waals surface area contributed by atoms with Crippen molar-refractivity contribution in [3.05, 3.63) is 102 Å². The largest absolute Gasteiger partial charge is 0.481 e. The number of rotatable bonds is 7. The number of carboxylic acids is 1. The second-order valence-electron chi connectivity index (χ2n) is 12.9. The number of nitrogens with one attached hydrogen (secondary N) is 1. The lowest BCUT2D eigenvalue weighted by molar-refractivity contribution is -0.159. The first-order valence-electron chi connectivity index (χ1n) is 15.2. The number of ether oxygens (including phenoxy) is 1. The molecule has 9 nitrogen and oxygen atoms in total. The fourth-order valence-corrected chi connectivity index (χ4v) is 8.70. The number of benzene rings is 3. The average molecular weight is 628 g/mol. The van der Waals surface area contributed by atoms with Gasteiger partial charge in [0.25, 0.3) is 11.8 Å². The molecule has 234 valence electrons. The smallest absolute Gasteiger partial charge is 0.326 e. The topological polar surface area (TPSA) is 116 Å². The predicted octanol–water partition coefficient (Wildman–Crippen LogP) is 5.49. The summed E-state index contributed by atoms with van der Waals surface area (Å²) in [7, 11) is 0. The Kier molecular flexibility index (Phi) is 7.99. The van der Waals surface area contributed by atoms with Crippen LogP contribution in [0.25, 0.3) is 0 Å². The standard InChI is InChI=1S/C35H37N3O6S/c1-33(2,3)35(22-27(39)40)36-28(34(45-35)18-20-37(21-19-34)24-14-8-5-9-15-24)32(43)44-31(23-12-6-4-7-13-23)38-29(41)25-16-10-11-17-26(25)30(38)42/h4-17,28,31,36H,18-22H2,1-3H3,(H,39,40). The number of carboxylic acid groups (broad SMARTS) is 1. The molecule has 3 unspecified atom stereocenters. The fourth-order valence-electron chi connectivity index (χ4n) is 6.67. The molecule has 1 spiro atoms. The summed E-state index contributed by atoms with van der Waals surface area (Å²) in [5, 5.41) is 13.5. The lowest BCUT2D eigenvalue weighted by Crippen LogP contribution is -2.57. The molecule has 2 amide bonds. The van der Waals surface area contributed by atoms with Gasteiger partial charge in [0.1, 0.15) is 6.04 Å². The quantitative estimate of drug-likeness (QED) is 0.259. The summed E-state index contributed by atoms with van der Waals surface area (Å²) in [4.78, 5) is 56.2. The molecule has 10 heteroatoms. The summed E-state index contributed by atoms with van der Waals surface area (Å²) in [6.07, 6.45) is -0.307. The molecular weight excluding hydrogens is 590 g/mol. The summed E-state index contributed by atoms with van der Waals surface area (Å²) >= 11 is 1.53. The van der Waals surface area contributed by atoms with E-state index in [0.717, 1.165) is 10.6 Å². The minimum atomic E-state index is -1.30. The van der Waals surface area contributed by atoms with Crippen LogP contribution in [-0.2, 0) is 14.3 Å². The van der Waals surface area contributed by atoms with Gasteiger partial charge < -0.3 is 14.7 Å². The Bertz CT molecular complexity index is 1580. The van der Waals surface area contributed by atoms with Crippen molar-refractivity contribution in [1.82, 2.24) is 10.2 Å². The molecule has 2 fully saturated rings. The van der Waals surface area contributed by atoms with Crippen molar-refractivity contribution in [2.45, 2.75) is 61.9 Å². The number of para-hydroxylation sites is 1. The van der Waals surface area contributed by atoms with Crippen molar-refractivity contribution in [2.75, 3.05) is 18.0 Å². The van der Waals surface area contributed by atoms with E-state index in [-0.39, 0.29) is 17.5 Å². The number of hydrogen-bond donors (Lipinski definition) is 2. The van der Waals surface area contributed by atoms with Gasteiger partial charge in [-0.3, -0.25) is 24.5 Å². The van der Waals surface area contributed by atoms with Crippen molar-refractivity contribution in [2.24, 2.45) is 5.41 Å². The Hall–Kier alpha value is -4.15. The lowest BCUT2D eigenvalue weighted by Gasteiger charge is -2.44. The molecule has 2 N–H and O–H groups in total. The summed E-state index contributed by atoms with van der Waals surface area (Å²) in [6, 6.07) is 24.5. The van der Waals surface area contributed by atoms with Crippen LogP contribution in [0.4, 0.5) is 5.69 Å². The molecule has 45 heavy (non-hydrogen) atoms. The number of fused-ring (bicyclic) bond motifs is 1. The minimum absolute atomic E-state index is 0.199. The summed E-state index contributed by atoms with van der Waals surface area (Å²) < 4.78 is 5.55. The van der Waals surface area contributed by atoms with Crippen LogP contribution in [-0.4, -0.2) is 62.5 Å². The molecule has 0 aliphatic carbocycles. The number of piperidine rings is 1. The van der Waals surface area contributed by atoms with Crippen molar-refractivity contribution in [3.63, 3.8) is 0 Å². The van der Waals surface area contributed by atoms with E-state index < -0.39 is 51.1 Å². The Morgan fingerprint density at radius 1 is 0.911 bits per heavy atom. The third-order valence-corrected chi connectivity index (χ3v) is 11.5. The van der Waals surface area contributed by atoms with Crippen LogP contribution in [0.3, 0.4) is 0 Å². The number of amides is 2. The van der Waals surface area contributed by atoms with Gasteiger partial charge in [0.15, 0.2) is 0 Å². The summed E-state index contributed by atoms with van der Waals surface area (Å²) in [6.45, 7) is 7.25. The van der Waals surface area contributed by atoms with Crippen LogP contribution >= 0.6 is 11.8 Å². The fraction of sp³-hybridized carbons (Fsp3) is 0.371. The van der Waals surface area contributed by atoms with Crippen LogP contribution in [0.15, 0.2) is 84.9 Å². The number of esters is 1. The van der Waals surface area contributed by atoms with Gasteiger partial charge in [-0.05, 0) is 42.5 Å². The molecule has 3 heterocycles. The second kappa shape index (κ2) is 11.7. The normalized spacial score (nSPS) is 23.2. The van der Waals surface area contributed by atoms with Crippen LogP contribution < -0.4 is 10.2 Å². The third-order valence-electron chi connectivity index (χ3n) is 9.23. The van der Waals surface area contributed by atoms with Gasteiger partial charge in [-0.1, -0.05) is 81.4 Å². The number of imide groups is 1. The van der Waals surface area contributed by atoms with E-state index in [0.29, 0.717) is 31.5 Å². The maximum absolute atomic E-state index is 14.5. The van der Waals surface area contributed by atoms with Gasteiger partial charge in [-0.2, -0.15) is 0 Å². The van der Waals surface area contributed by atoms with Gasteiger partial charge in [0, 0.05) is 29.1 Å². The number of anilines is 1. The molecule has 3 aromatic carbocycles. The number of carbonyl (C=O) groups excluding carboxylic acids is 3. The lowest BCUT2D eigenvalue weighted by atomic mass is 9.82. The molecule has 3 atom stereocenters. The SMILES string of the molecule is CC(C)(C)C1(CC(=O)O)NC(C(=O)OC(c2ccccc2)N2C(=O)c3ccccc3C2=O)C2(CCN(c3ccccc3)CC2)S1. The second-order valence-corrected chi connectivity index (χ2v) is 14.7.